The third kappa shape index (κ3) is 9.58. The molecule has 0 amide bonds. The summed E-state index contributed by atoms with van der Waals surface area (Å²) in [4.78, 5) is 8.81. The average molecular weight is 389 g/mol. The van der Waals surface area contributed by atoms with E-state index in [2.05, 4.69) is 12.6 Å². The number of rotatable bonds is 7. The Morgan fingerprint density at radius 3 is 2.25 bits per heavy atom. The number of carbonyl (C=O) groups is 1. The molecule has 0 saturated heterocycles. The van der Waals surface area contributed by atoms with E-state index in [0.29, 0.717) is 18.6 Å². The van der Waals surface area contributed by atoms with Crippen molar-refractivity contribution in [3.8, 4) is 11.1 Å². The van der Waals surface area contributed by atoms with Crippen LogP contribution in [0.3, 0.4) is 0 Å². The fraction of sp³-hybridized carbons (Fsp3) is 0.375. The first-order valence-corrected chi connectivity index (χ1v) is 9.43. The fourth-order valence-corrected chi connectivity index (χ4v) is 2.66. The molecule has 1 N–H and O–H groups in total. The van der Waals surface area contributed by atoms with Crippen molar-refractivity contribution < 1.29 is 19.0 Å². The first-order valence-electron chi connectivity index (χ1n) is 9.43. The number of aldehydes is 1. The molecule has 2 aromatic carbocycles. The van der Waals surface area contributed by atoms with E-state index in [1.54, 1.807) is 13.2 Å². The van der Waals surface area contributed by atoms with Crippen molar-refractivity contribution >= 4 is 6.29 Å². The van der Waals surface area contributed by atoms with Crippen molar-refractivity contribution in [2.45, 2.75) is 40.0 Å². The summed E-state index contributed by atoms with van der Waals surface area (Å²) in [5, 5.41) is 8.96. The van der Waals surface area contributed by atoms with Gasteiger partial charge >= 0.3 is 0 Å². The van der Waals surface area contributed by atoms with Gasteiger partial charge in [0.2, 0.25) is 0 Å². The Bertz CT molecular complexity index is 705. The van der Waals surface area contributed by atoms with E-state index < -0.39 is 0 Å². The van der Waals surface area contributed by atoms with Crippen molar-refractivity contribution in [2.75, 3.05) is 20.3 Å². The Labute approximate surface area is 168 Å². The average Bonchev–Trinajstić information content (AvgIpc) is 2.65. The Morgan fingerprint density at radius 2 is 1.71 bits per heavy atom. The molecule has 0 heterocycles. The molecular formula is C24H33FO3. The van der Waals surface area contributed by atoms with Crippen LogP contribution in [0.25, 0.3) is 11.1 Å². The maximum Gasteiger partial charge on any atom is 0.131 e. The topological polar surface area (TPSA) is 46.5 Å². The Balaban J connectivity index is 0.00000108. The van der Waals surface area contributed by atoms with Crippen LogP contribution in [-0.2, 0) is 22.4 Å². The first kappa shape index (κ1) is 25.7. The Morgan fingerprint density at radius 1 is 1.11 bits per heavy atom. The smallest absolute Gasteiger partial charge is 0.131 e. The van der Waals surface area contributed by atoms with Crippen LogP contribution in [0.1, 0.15) is 37.0 Å². The molecule has 0 aliphatic carbocycles. The minimum atomic E-state index is -0.234. The molecule has 0 aliphatic heterocycles. The molecule has 0 fully saturated rings. The van der Waals surface area contributed by atoms with E-state index in [1.165, 1.54) is 18.6 Å². The third-order valence-corrected chi connectivity index (χ3v) is 3.78. The predicted octanol–water partition coefficient (Wildman–Crippen LogP) is 5.31. The van der Waals surface area contributed by atoms with Crippen LogP contribution in [0.4, 0.5) is 4.39 Å². The second-order valence-electron chi connectivity index (χ2n) is 6.19. The van der Waals surface area contributed by atoms with E-state index in [0.717, 1.165) is 35.8 Å². The van der Waals surface area contributed by atoms with Gasteiger partial charge in [-0.3, -0.25) is 0 Å². The molecule has 154 valence electrons. The SMILES string of the molecule is C=CC.CC=O.COCCCc1cc(C)ccc1-c1ccc(CCO)cc1F. The summed E-state index contributed by atoms with van der Waals surface area (Å²) >= 11 is 0. The molecule has 2 rings (SSSR count). The van der Waals surface area contributed by atoms with E-state index in [9.17, 15) is 4.39 Å². The Kier molecular flexibility index (Phi) is 14.4. The number of methoxy groups -OCH3 is 1. The zero-order chi connectivity index (χ0) is 21.4. The monoisotopic (exact) mass is 388 g/mol. The maximum absolute atomic E-state index is 14.4. The molecule has 0 unspecified atom stereocenters. The zero-order valence-corrected chi connectivity index (χ0v) is 17.5. The summed E-state index contributed by atoms with van der Waals surface area (Å²) in [6.07, 6.45) is 4.76. The van der Waals surface area contributed by atoms with E-state index in [-0.39, 0.29) is 12.4 Å². The van der Waals surface area contributed by atoms with Crippen molar-refractivity contribution in [3.05, 3.63) is 71.6 Å². The van der Waals surface area contributed by atoms with Crippen molar-refractivity contribution in [3.63, 3.8) is 0 Å². The van der Waals surface area contributed by atoms with E-state index in [1.807, 2.05) is 38.1 Å². The largest absolute Gasteiger partial charge is 0.396 e. The van der Waals surface area contributed by atoms with Crippen LogP contribution in [0.2, 0.25) is 0 Å². The van der Waals surface area contributed by atoms with Gasteiger partial charge in [0.05, 0.1) is 0 Å². The van der Waals surface area contributed by atoms with Crippen LogP contribution in [-0.4, -0.2) is 31.7 Å². The molecule has 3 nitrogen and oxygen atoms in total. The van der Waals surface area contributed by atoms with Gasteiger partial charge in [-0.1, -0.05) is 42.0 Å². The molecule has 0 bridgehead atoms. The lowest BCUT2D eigenvalue weighted by Gasteiger charge is -2.13. The number of ether oxygens (including phenoxy) is 1. The van der Waals surface area contributed by atoms with Gasteiger partial charge in [-0.05, 0) is 62.8 Å². The molecule has 0 atom stereocenters. The van der Waals surface area contributed by atoms with Crippen LogP contribution >= 0.6 is 0 Å². The van der Waals surface area contributed by atoms with Gasteiger partial charge in [0.15, 0.2) is 0 Å². The van der Waals surface area contributed by atoms with Crippen LogP contribution < -0.4 is 0 Å². The number of allylic oxidation sites excluding steroid dienone is 1. The van der Waals surface area contributed by atoms with Gasteiger partial charge < -0.3 is 14.6 Å². The molecule has 0 spiro atoms. The molecule has 0 aliphatic rings. The van der Waals surface area contributed by atoms with Gasteiger partial charge in [-0.2, -0.15) is 0 Å². The highest BCUT2D eigenvalue weighted by Crippen LogP contribution is 2.29. The molecular weight excluding hydrogens is 355 g/mol. The minimum Gasteiger partial charge on any atom is -0.396 e. The highest BCUT2D eigenvalue weighted by molar-refractivity contribution is 5.69. The van der Waals surface area contributed by atoms with Crippen LogP contribution in [0.5, 0.6) is 0 Å². The van der Waals surface area contributed by atoms with Crippen molar-refractivity contribution in [2.24, 2.45) is 0 Å². The second-order valence-corrected chi connectivity index (χ2v) is 6.19. The second kappa shape index (κ2) is 15.7. The maximum atomic E-state index is 14.4. The number of halogens is 1. The van der Waals surface area contributed by atoms with Crippen LogP contribution in [0.15, 0.2) is 49.1 Å². The van der Waals surface area contributed by atoms with Crippen molar-refractivity contribution in [1.29, 1.82) is 0 Å². The molecule has 2 aromatic rings. The number of aliphatic hydroxyl groups is 1. The lowest BCUT2D eigenvalue weighted by atomic mass is 9.94. The third-order valence-electron chi connectivity index (χ3n) is 3.78. The molecule has 0 saturated carbocycles. The standard InChI is InChI=1S/C19H23FO2.C3H6.C2H4O/c1-14-5-7-17(16(12-14)4-3-11-22-2)18-8-6-15(9-10-21)13-19(18)20;1-3-2;1-2-3/h5-8,12-13,21H,3-4,9-11H2,1-2H3;3H,1H2,2H3;2H,1H3. The van der Waals surface area contributed by atoms with E-state index in [4.69, 9.17) is 14.6 Å². The fourth-order valence-electron chi connectivity index (χ4n) is 2.66. The lowest BCUT2D eigenvalue weighted by Crippen LogP contribution is -1.98. The number of aryl methyl sites for hydroxylation is 2. The number of aliphatic hydroxyl groups excluding tert-OH is 1. The summed E-state index contributed by atoms with van der Waals surface area (Å²) in [5.41, 5.74) is 4.69. The number of carbonyl (C=O) groups excluding carboxylic acids is 1. The summed E-state index contributed by atoms with van der Waals surface area (Å²) in [7, 11) is 1.69. The highest BCUT2D eigenvalue weighted by atomic mass is 19.1. The van der Waals surface area contributed by atoms with Gasteiger partial charge in [-0.25, -0.2) is 4.39 Å². The Hall–Kier alpha value is -2.30. The zero-order valence-electron chi connectivity index (χ0n) is 17.5. The number of hydrogen-bond donors (Lipinski definition) is 1. The van der Waals surface area contributed by atoms with Crippen molar-refractivity contribution in [1.82, 2.24) is 0 Å². The quantitative estimate of drug-likeness (QED) is 0.397. The van der Waals surface area contributed by atoms with Gasteiger partial charge in [0, 0.05) is 25.9 Å². The molecule has 0 aromatic heterocycles. The molecule has 28 heavy (non-hydrogen) atoms. The number of benzene rings is 2. The number of hydrogen-bond acceptors (Lipinski definition) is 3. The lowest BCUT2D eigenvalue weighted by molar-refractivity contribution is -0.106. The normalized spacial score (nSPS) is 9.50. The molecule has 0 radical (unpaired) electrons. The van der Waals surface area contributed by atoms with Gasteiger partial charge in [-0.15, -0.1) is 6.58 Å². The van der Waals surface area contributed by atoms with Gasteiger partial charge in [0.1, 0.15) is 12.1 Å². The highest BCUT2D eigenvalue weighted by Gasteiger charge is 2.11. The molecule has 4 heteroatoms. The van der Waals surface area contributed by atoms with Gasteiger partial charge in [0.25, 0.3) is 0 Å². The summed E-state index contributed by atoms with van der Waals surface area (Å²) in [5.74, 6) is -0.234. The summed E-state index contributed by atoms with van der Waals surface area (Å²) in [6, 6.07) is 11.3. The van der Waals surface area contributed by atoms with E-state index >= 15 is 0 Å². The summed E-state index contributed by atoms with van der Waals surface area (Å²) in [6.45, 7) is 9.47. The minimum absolute atomic E-state index is 0.0333. The van der Waals surface area contributed by atoms with Crippen LogP contribution in [0, 0.1) is 12.7 Å². The predicted molar refractivity (Wildman–Crippen MR) is 115 cm³/mol. The first-order chi connectivity index (χ1) is 13.5. The summed E-state index contributed by atoms with van der Waals surface area (Å²) < 4.78 is 19.5.